The second-order valence-corrected chi connectivity index (χ2v) is 13.8. The van der Waals surface area contributed by atoms with Gasteiger partial charge >= 0.3 is 6.09 Å². The minimum atomic E-state index is -0.632. The number of anilines is 3. The minimum absolute atomic E-state index is 0.0663. The average molecular weight is 668 g/mol. The summed E-state index contributed by atoms with van der Waals surface area (Å²) < 4.78 is 12.0. The number of halogens is 1. The predicted octanol–water partition coefficient (Wildman–Crippen LogP) is 9.09. The fraction of sp³-hybridized carbons (Fsp3) is 0.194. The van der Waals surface area contributed by atoms with Gasteiger partial charge in [0.25, 0.3) is 11.8 Å². The Kier molecular flexibility index (Phi) is 7.57. The molecular formula is C36H30ClN3O6S. The van der Waals surface area contributed by atoms with Gasteiger partial charge in [0.1, 0.15) is 16.9 Å². The molecule has 1 atom stereocenters. The summed E-state index contributed by atoms with van der Waals surface area (Å²) in [5.74, 6) is -0.122. The number of phenolic OH excluding ortho intramolecular Hbond substituents is 1. The molecule has 4 aromatic carbocycles. The Bertz CT molecular complexity index is 2230. The first-order chi connectivity index (χ1) is 22.5. The van der Waals surface area contributed by atoms with Gasteiger partial charge in [-0.2, -0.15) is 0 Å². The van der Waals surface area contributed by atoms with Crippen LogP contribution in [0.5, 0.6) is 5.75 Å². The van der Waals surface area contributed by atoms with Crippen LogP contribution in [-0.2, 0) is 4.74 Å². The van der Waals surface area contributed by atoms with E-state index in [1.54, 1.807) is 62.1 Å². The van der Waals surface area contributed by atoms with Crippen molar-refractivity contribution in [1.29, 1.82) is 0 Å². The molecular weight excluding hydrogens is 638 g/mol. The molecule has 11 heteroatoms. The van der Waals surface area contributed by atoms with Crippen molar-refractivity contribution in [2.24, 2.45) is 0 Å². The molecule has 238 valence electrons. The van der Waals surface area contributed by atoms with Crippen LogP contribution in [-0.4, -0.2) is 41.0 Å². The normalized spacial score (nSPS) is 14.5. The van der Waals surface area contributed by atoms with Crippen LogP contribution in [0.2, 0.25) is 0 Å². The van der Waals surface area contributed by atoms with Crippen molar-refractivity contribution >= 4 is 89.7 Å². The van der Waals surface area contributed by atoms with Crippen molar-refractivity contribution < 1.29 is 28.6 Å². The Hall–Kier alpha value is -5.06. The quantitative estimate of drug-likeness (QED) is 0.158. The van der Waals surface area contributed by atoms with Gasteiger partial charge in [0.05, 0.1) is 10.6 Å². The third-order valence-electron chi connectivity index (χ3n) is 7.95. The summed E-state index contributed by atoms with van der Waals surface area (Å²) in [4.78, 5) is 41.4. The van der Waals surface area contributed by atoms with Crippen molar-refractivity contribution in [1.82, 2.24) is 0 Å². The van der Waals surface area contributed by atoms with Gasteiger partial charge in [-0.15, -0.1) is 22.9 Å². The molecule has 3 amide bonds. The van der Waals surface area contributed by atoms with Gasteiger partial charge in [0.15, 0.2) is 5.76 Å². The van der Waals surface area contributed by atoms with E-state index in [2.05, 4.69) is 10.6 Å². The summed E-state index contributed by atoms with van der Waals surface area (Å²) in [5, 5.41) is 19.4. The number of amides is 3. The molecule has 0 saturated carbocycles. The molecule has 3 N–H and O–H groups in total. The number of hydrogen-bond acceptors (Lipinski definition) is 7. The third-order valence-corrected chi connectivity index (χ3v) is 9.42. The monoisotopic (exact) mass is 667 g/mol. The minimum Gasteiger partial charge on any atom is -0.507 e. The van der Waals surface area contributed by atoms with Crippen LogP contribution in [0.1, 0.15) is 52.5 Å². The fourth-order valence-electron chi connectivity index (χ4n) is 5.95. The van der Waals surface area contributed by atoms with Gasteiger partial charge in [-0.05, 0) is 85.6 Å². The maximum absolute atomic E-state index is 13.9. The maximum atomic E-state index is 13.9. The Morgan fingerprint density at radius 2 is 1.68 bits per heavy atom. The first-order valence-electron chi connectivity index (χ1n) is 15.0. The average Bonchev–Trinajstić information content (AvgIpc) is 3.74. The second kappa shape index (κ2) is 11.6. The summed E-state index contributed by atoms with van der Waals surface area (Å²) in [6, 6.07) is 23.1. The van der Waals surface area contributed by atoms with Crippen molar-refractivity contribution in [3.05, 3.63) is 95.1 Å². The SMILES string of the molecule is CC(C)(C)OC(=O)Nc1ccc2oc(C(=O)Nc3ccc4sc(C(=O)N5C[C@@H](CCl)c6c5cc(O)c5ccccc65)cc4c3)cc2c1. The van der Waals surface area contributed by atoms with E-state index in [4.69, 9.17) is 20.8 Å². The summed E-state index contributed by atoms with van der Waals surface area (Å²) in [6.45, 7) is 5.76. The zero-order valence-corrected chi connectivity index (χ0v) is 27.3. The van der Waals surface area contributed by atoms with Gasteiger partial charge in [0.2, 0.25) is 0 Å². The van der Waals surface area contributed by atoms with E-state index in [1.165, 1.54) is 11.3 Å². The van der Waals surface area contributed by atoms with Crippen LogP contribution in [0.4, 0.5) is 21.9 Å². The zero-order valence-electron chi connectivity index (χ0n) is 25.7. The lowest BCUT2D eigenvalue weighted by Gasteiger charge is -2.19. The van der Waals surface area contributed by atoms with Crippen LogP contribution in [0.3, 0.4) is 0 Å². The van der Waals surface area contributed by atoms with Crippen LogP contribution in [0.15, 0.2) is 83.3 Å². The largest absolute Gasteiger partial charge is 0.507 e. The van der Waals surface area contributed by atoms with Crippen LogP contribution < -0.4 is 15.5 Å². The van der Waals surface area contributed by atoms with E-state index in [-0.39, 0.29) is 23.3 Å². The van der Waals surface area contributed by atoms with Crippen LogP contribution in [0.25, 0.3) is 31.8 Å². The molecule has 0 saturated heterocycles. The molecule has 0 bridgehead atoms. The highest BCUT2D eigenvalue weighted by Gasteiger charge is 2.35. The van der Waals surface area contributed by atoms with E-state index in [9.17, 15) is 19.5 Å². The number of fused-ring (bicyclic) bond motifs is 5. The highest BCUT2D eigenvalue weighted by atomic mass is 35.5. The summed E-state index contributed by atoms with van der Waals surface area (Å²) in [5.41, 5.74) is 2.54. The molecule has 1 aliphatic rings. The van der Waals surface area contributed by atoms with Crippen LogP contribution in [0, 0.1) is 0 Å². The Labute approximate surface area is 278 Å². The molecule has 2 aromatic heterocycles. The van der Waals surface area contributed by atoms with Crippen molar-refractivity contribution in [3.63, 3.8) is 0 Å². The smallest absolute Gasteiger partial charge is 0.412 e. The summed E-state index contributed by atoms with van der Waals surface area (Å²) in [7, 11) is 0. The zero-order chi connectivity index (χ0) is 33.0. The number of furan rings is 1. The number of hydrogen-bond donors (Lipinski definition) is 3. The number of carbonyl (C=O) groups is 3. The number of carbonyl (C=O) groups excluding carboxylic acids is 3. The predicted molar refractivity (Wildman–Crippen MR) is 187 cm³/mol. The topological polar surface area (TPSA) is 121 Å². The van der Waals surface area contributed by atoms with E-state index < -0.39 is 17.6 Å². The number of nitrogens with zero attached hydrogens (tertiary/aromatic N) is 1. The summed E-state index contributed by atoms with van der Waals surface area (Å²) >= 11 is 7.73. The maximum Gasteiger partial charge on any atom is 0.412 e. The lowest BCUT2D eigenvalue weighted by atomic mass is 9.95. The second-order valence-electron chi connectivity index (χ2n) is 12.4. The number of ether oxygens (including phenoxy) is 1. The van der Waals surface area contributed by atoms with Crippen molar-refractivity contribution in [2.45, 2.75) is 32.3 Å². The first-order valence-corrected chi connectivity index (χ1v) is 16.3. The van der Waals surface area contributed by atoms with Crippen molar-refractivity contribution in [2.75, 3.05) is 28.0 Å². The molecule has 0 spiro atoms. The molecule has 47 heavy (non-hydrogen) atoms. The van der Waals surface area contributed by atoms with E-state index >= 15 is 0 Å². The Morgan fingerprint density at radius 1 is 0.957 bits per heavy atom. The van der Waals surface area contributed by atoms with E-state index in [0.717, 1.165) is 26.4 Å². The number of rotatable bonds is 5. The Balaban J connectivity index is 1.10. The van der Waals surface area contributed by atoms with Crippen LogP contribution >= 0.6 is 22.9 Å². The molecule has 7 rings (SSSR count). The highest BCUT2D eigenvalue weighted by Crippen LogP contribution is 2.46. The highest BCUT2D eigenvalue weighted by molar-refractivity contribution is 7.21. The molecule has 0 radical (unpaired) electrons. The number of nitrogens with one attached hydrogen (secondary N) is 2. The molecule has 9 nitrogen and oxygen atoms in total. The lowest BCUT2D eigenvalue weighted by molar-refractivity contribution is 0.0635. The summed E-state index contributed by atoms with van der Waals surface area (Å²) in [6.07, 6.45) is -0.579. The van der Waals surface area contributed by atoms with Gasteiger partial charge in [0, 0.05) is 51.3 Å². The molecule has 0 unspecified atom stereocenters. The standard InChI is InChI=1S/C36H30ClN3O6S/c1-36(2,3)46-35(44)39-23-8-10-28-19(12-23)14-29(45-28)33(42)38-22-9-11-30-20(13-22)15-31(47-30)34(43)40-18-21(17-37)32-25-7-5-4-6-24(25)27(41)16-26(32)40/h4-16,21,41H,17-18H2,1-3H3,(H,38,42)(H,39,44)/t21-/m1/s1. The van der Waals surface area contributed by atoms with E-state index in [1.807, 2.05) is 42.5 Å². The molecule has 6 aromatic rings. The van der Waals surface area contributed by atoms with E-state index in [0.29, 0.717) is 45.3 Å². The number of phenols is 1. The molecule has 3 heterocycles. The lowest BCUT2D eigenvalue weighted by Crippen LogP contribution is -2.29. The molecule has 0 aliphatic carbocycles. The fourth-order valence-corrected chi connectivity index (χ4v) is 7.20. The molecule has 1 aliphatic heterocycles. The van der Waals surface area contributed by atoms with Gasteiger partial charge in [-0.25, -0.2) is 4.79 Å². The van der Waals surface area contributed by atoms with Gasteiger partial charge in [-0.1, -0.05) is 24.3 Å². The van der Waals surface area contributed by atoms with Gasteiger partial charge < -0.3 is 24.5 Å². The number of alkyl halides is 1. The number of thiophene rings is 1. The van der Waals surface area contributed by atoms with Gasteiger partial charge in [-0.3, -0.25) is 14.9 Å². The Morgan fingerprint density at radius 3 is 2.45 bits per heavy atom. The number of aromatic hydroxyl groups is 1. The first kappa shape index (κ1) is 30.6. The molecule has 0 fully saturated rings. The third kappa shape index (κ3) is 5.86. The van der Waals surface area contributed by atoms with Crippen molar-refractivity contribution in [3.8, 4) is 5.75 Å². The number of benzene rings is 4.